The fourth-order valence-corrected chi connectivity index (χ4v) is 3.32. The number of benzene rings is 2. The van der Waals surface area contributed by atoms with Gasteiger partial charge in [0.05, 0.1) is 12.2 Å². The van der Waals surface area contributed by atoms with Crippen LogP contribution in [0.25, 0.3) is 0 Å². The molecule has 0 atom stereocenters. The highest BCUT2D eigenvalue weighted by atomic mass is 16.5. The first kappa shape index (κ1) is 19.9. The average Bonchev–Trinajstić information content (AvgIpc) is 2.60. The summed E-state index contributed by atoms with van der Waals surface area (Å²) in [7, 11) is 0. The van der Waals surface area contributed by atoms with Crippen molar-refractivity contribution in [1.29, 1.82) is 0 Å². The van der Waals surface area contributed by atoms with Crippen LogP contribution in [0.1, 0.15) is 45.1 Å². The second-order valence-corrected chi connectivity index (χ2v) is 6.62. The summed E-state index contributed by atoms with van der Waals surface area (Å²) >= 11 is 0. The smallest absolute Gasteiger partial charge is 0.121 e. The van der Waals surface area contributed by atoms with E-state index in [1.54, 1.807) is 0 Å². The van der Waals surface area contributed by atoms with E-state index in [2.05, 4.69) is 37.9 Å². The molecule has 0 aliphatic rings. The lowest BCUT2D eigenvalue weighted by Crippen LogP contribution is -2.31. The molecule has 0 aliphatic heterocycles. The van der Waals surface area contributed by atoms with Gasteiger partial charge in [0.25, 0.3) is 0 Å². The first-order chi connectivity index (χ1) is 12.5. The molecule has 0 radical (unpaired) electrons. The van der Waals surface area contributed by atoms with Crippen molar-refractivity contribution in [3.8, 4) is 11.5 Å². The summed E-state index contributed by atoms with van der Waals surface area (Å²) in [5, 5.41) is 22.3. The molecule has 140 valence electrons. The topological polar surface area (TPSA) is 61.7 Å². The van der Waals surface area contributed by atoms with Crippen LogP contribution in [0, 0.1) is 0 Å². The highest BCUT2D eigenvalue weighted by Gasteiger charge is 2.31. The minimum atomic E-state index is -0.337. The molecule has 4 nitrogen and oxygen atoms in total. The second-order valence-electron chi connectivity index (χ2n) is 6.62. The Labute approximate surface area is 156 Å². The van der Waals surface area contributed by atoms with E-state index < -0.39 is 0 Å². The van der Waals surface area contributed by atoms with Gasteiger partial charge in [0, 0.05) is 29.6 Å². The number of nitrogens with one attached hydrogen (secondary N) is 1. The molecule has 0 unspecified atom stereocenters. The molecular formula is C22H29NO3. The zero-order chi connectivity index (χ0) is 19.0. The minimum absolute atomic E-state index is 0.00295. The van der Waals surface area contributed by atoms with Crippen LogP contribution in [0.15, 0.2) is 60.8 Å². The standard InChI is InChI=1S/C22H29NO3/c1-4-11-22(12-5-2,18-9-7-6-8-10-18)26-16-17(3)23-19-13-20(24)15-21(25)14-19/h6-10,13-15,23-25H,3-5,11-12,16H2,1-2H3. The highest BCUT2D eigenvalue weighted by Crippen LogP contribution is 2.36. The third kappa shape index (κ3) is 5.27. The van der Waals surface area contributed by atoms with Gasteiger partial charge in [-0.15, -0.1) is 0 Å². The Balaban J connectivity index is 2.11. The first-order valence-electron chi connectivity index (χ1n) is 9.16. The number of phenolic OH excluding ortho intramolecular Hbond substituents is 2. The van der Waals surface area contributed by atoms with E-state index in [1.165, 1.54) is 23.8 Å². The molecule has 2 aromatic rings. The van der Waals surface area contributed by atoms with E-state index in [-0.39, 0.29) is 17.1 Å². The number of aromatic hydroxyl groups is 2. The zero-order valence-electron chi connectivity index (χ0n) is 15.7. The molecule has 2 rings (SSSR count). The molecule has 0 heterocycles. The van der Waals surface area contributed by atoms with Gasteiger partial charge in [-0.25, -0.2) is 0 Å². The Kier molecular flexibility index (Phi) is 7.10. The number of rotatable bonds is 10. The molecule has 0 spiro atoms. The van der Waals surface area contributed by atoms with E-state index in [1.807, 2.05) is 18.2 Å². The normalized spacial score (nSPS) is 11.3. The van der Waals surface area contributed by atoms with Crippen LogP contribution in [0.2, 0.25) is 0 Å². The lowest BCUT2D eigenvalue weighted by atomic mass is 9.85. The minimum Gasteiger partial charge on any atom is -0.508 e. The number of hydrogen-bond donors (Lipinski definition) is 3. The molecule has 3 N–H and O–H groups in total. The first-order valence-corrected chi connectivity index (χ1v) is 9.16. The van der Waals surface area contributed by atoms with Crippen molar-refractivity contribution >= 4 is 5.69 Å². The van der Waals surface area contributed by atoms with Gasteiger partial charge in [0.1, 0.15) is 11.5 Å². The fourth-order valence-electron chi connectivity index (χ4n) is 3.32. The molecule has 0 aromatic heterocycles. The highest BCUT2D eigenvalue weighted by molar-refractivity contribution is 5.55. The Morgan fingerprint density at radius 1 is 1.00 bits per heavy atom. The van der Waals surface area contributed by atoms with Crippen molar-refractivity contribution in [1.82, 2.24) is 0 Å². The van der Waals surface area contributed by atoms with E-state index in [0.717, 1.165) is 25.7 Å². The summed E-state index contributed by atoms with van der Waals surface area (Å²) in [6, 6.07) is 14.7. The number of ether oxygens (including phenoxy) is 1. The molecular weight excluding hydrogens is 326 g/mol. The molecule has 0 bridgehead atoms. The van der Waals surface area contributed by atoms with Gasteiger partial charge in [-0.2, -0.15) is 0 Å². The van der Waals surface area contributed by atoms with Gasteiger partial charge >= 0.3 is 0 Å². The van der Waals surface area contributed by atoms with E-state index in [9.17, 15) is 10.2 Å². The van der Waals surface area contributed by atoms with Crippen molar-refractivity contribution in [2.24, 2.45) is 0 Å². The zero-order valence-corrected chi connectivity index (χ0v) is 15.7. The van der Waals surface area contributed by atoms with Gasteiger partial charge in [-0.3, -0.25) is 0 Å². The Morgan fingerprint density at radius 3 is 2.12 bits per heavy atom. The quantitative estimate of drug-likeness (QED) is 0.524. The van der Waals surface area contributed by atoms with Gasteiger partial charge in [0.15, 0.2) is 0 Å². The van der Waals surface area contributed by atoms with Gasteiger partial charge in [0.2, 0.25) is 0 Å². The average molecular weight is 355 g/mol. The molecule has 0 saturated carbocycles. The molecule has 4 heteroatoms. The number of anilines is 1. The molecule has 0 fully saturated rings. The van der Waals surface area contributed by atoms with Crippen LogP contribution < -0.4 is 5.32 Å². The van der Waals surface area contributed by atoms with Crippen molar-refractivity contribution < 1.29 is 14.9 Å². The number of hydrogen-bond acceptors (Lipinski definition) is 4. The molecule has 2 aromatic carbocycles. The van der Waals surface area contributed by atoms with Crippen LogP contribution >= 0.6 is 0 Å². The van der Waals surface area contributed by atoms with Crippen molar-refractivity contribution in [2.75, 3.05) is 11.9 Å². The van der Waals surface area contributed by atoms with Crippen LogP contribution in [-0.4, -0.2) is 16.8 Å². The number of phenols is 2. The third-order valence-electron chi connectivity index (χ3n) is 4.35. The fraction of sp³-hybridized carbons (Fsp3) is 0.364. The summed E-state index contributed by atoms with van der Waals surface area (Å²) < 4.78 is 6.40. The molecule has 26 heavy (non-hydrogen) atoms. The lowest BCUT2D eigenvalue weighted by Gasteiger charge is -2.35. The van der Waals surface area contributed by atoms with E-state index in [4.69, 9.17) is 4.74 Å². The summed E-state index contributed by atoms with van der Waals surface area (Å²) in [6.45, 7) is 8.70. The van der Waals surface area contributed by atoms with Crippen LogP contribution in [0.4, 0.5) is 5.69 Å². The molecule has 0 saturated heterocycles. The second kappa shape index (κ2) is 9.30. The van der Waals surface area contributed by atoms with Crippen LogP contribution in [0.5, 0.6) is 11.5 Å². The third-order valence-corrected chi connectivity index (χ3v) is 4.35. The van der Waals surface area contributed by atoms with Gasteiger partial charge < -0.3 is 20.3 Å². The largest absolute Gasteiger partial charge is 0.508 e. The summed E-state index contributed by atoms with van der Waals surface area (Å²) in [5.74, 6) is -0.00589. The van der Waals surface area contributed by atoms with Gasteiger partial charge in [-0.1, -0.05) is 63.6 Å². The monoisotopic (exact) mass is 355 g/mol. The maximum atomic E-state index is 9.59. The maximum absolute atomic E-state index is 9.59. The SMILES string of the molecule is C=C(COC(CCC)(CCC)c1ccccc1)Nc1cc(O)cc(O)c1. The Hall–Kier alpha value is -2.46. The maximum Gasteiger partial charge on any atom is 0.121 e. The van der Waals surface area contributed by atoms with E-state index in [0.29, 0.717) is 18.0 Å². The predicted molar refractivity (Wildman–Crippen MR) is 106 cm³/mol. The van der Waals surface area contributed by atoms with Crippen molar-refractivity contribution in [2.45, 2.75) is 45.1 Å². The Morgan fingerprint density at radius 2 is 1.58 bits per heavy atom. The molecule has 0 amide bonds. The van der Waals surface area contributed by atoms with Gasteiger partial charge in [-0.05, 0) is 18.4 Å². The van der Waals surface area contributed by atoms with Crippen molar-refractivity contribution in [3.05, 3.63) is 66.4 Å². The van der Waals surface area contributed by atoms with Crippen LogP contribution in [-0.2, 0) is 10.3 Å². The lowest BCUT2D eigenvalue weighted by molar-refractivity contribution is -0.0532. The van der Waals surface area contributed by atoms with Crippen molar-refractivity contribution in [3.63, 3.8) is 0 Å². The Bertz CT molecular complexity index is 686. The molecule has 0 aliphatic carbocycles. The predicted octanol–water partition coefficient (Wildman–Crippen LogP) is 5.54. The summed E-state index contributed by atoms with van der Waals surface area (Å²) in [4.78, 5) is 0. The van der Waals surface area contributed by atoms with Crippen LogP contribution in [0.3, 0.4) is 0 Å². The summed E-state index contributed by atoms with van der Waals surface area (Å²) in [6.07, 6.45) is 3.92. The van der Waals surface area contributed by atoms with E-state index >= 15 is 0 Å². The summed E-state index contributed by atoms with van der Waals surface area (Å²) in [5.41, 5.74) is 2.09.